The Morgan fingerprint density at radius 3 is 2.00 bits per heavy atom. The van der Waals surface area contributed by atoms with Crippen LogP contribution in [0.5, 0.6) is 0 Å². The third-order valence-corrected chi connectivity index (χ3v) is 4.17. The second-order valence-electron chi connectivity index (χ2n) is 5.65. The number of rotatable bonds is 2. The van der Waals surface area contributed by atoms with E-state index < -0.39 is 0 Å². The van der Waals surface area contributed by atoms with Crippen molar-refractivity contribution in [3.8, 4) is 11.1 Å². The summed E-state index contributed by atoms with van der Waals surface area (Å²) < 4.78 is 0. The zero-order valence-corrected chi connectivity index (χ0v) is 12.8. The summed E-state index contributed by atoms with van der Waals surface area (Å²) in [7, 11) is 0. The van der Waals surface area contributed by atoms with Crippen molar-refractivity contribution in [2.75, 3.05) is 10.6 Å². The highest BCUT2D eigenvalue weighted by atomic mass is 16.2. The predicted octanol–water partition coefficient (Wildman–Crippen LogP) is 3.52. The van der Waals surface area contributed by atoms with Gasteiger partial charge in [0, 0.05) is 23.2 Å². The Labute approximate surface area is 138 Å². The largest absolute Gasteiger partial charge is 0.399 e. The lowest BCUT2D eigenvalue weighted by Gasteiger charge is -2.18. The maximum atomic E-state index is 12.0. The van der Waals surface area contributed by atoms with Crippen molar-refractivity contribution >= 4 is 34.0 Å². The Kier molecular flexibility index (Phi) is 3.17. The van der Waals surface area contributed by atoms with E-state index in [1.165, 1.54) is 17.1 Å². The third-order valence-electron chi connectivity index (χ3n) is 4.17. The van der Waals surface area contributed by atoms with Crippen LogP contribution < -0.4 is 10.6 Å². The predicted molar refractivity (Wildman–Crippen MR) is 95.4 cm³/mol. The average Bonchev–Trinajstić information content (AvgIpc) is 2.93. The summed E-state index contributed by atoms with van der Waals surface area (Å²) in [6, 6.07) is 19.1. The quantitative estimate of drug-likeness (QED) is 0.581. The van der Waals surface area contributed by atoms with Crippen LogP contribution in [0.3, 0.4) is 0 Å². The van der Waals surface area contributed by atoms with E-state index >= 15 is 0 Å². The fraction of sp³-hybridized carbons (Fsp3) is 0. The van der Waals surface area contributed by atoms with Gasteiger partial charge in [0.1, 0.15) is 0 Å². The minimum Gasteiger partial charge on any atom is -0.399 e. The summed E-state index contributed by atoms with van der Waals surface area (Å²) in [5.41, 5.74) is 9.14. The molecule has 0 bridgehead atoms. The van der Waals surface area contributed by atoms with Gasteiger partial charge >= 0.3 is 0 Å². The zero-order valence-electron chi connectivity index (χ0n) is 12.8. The molecule has 2 amide bonds. The summed E-state index contributed by atoms with van der Waals surface area (Å²) in [6.07, 6.45) is 2.59. The van der Waals surface area contributed by atoms with Crippen molar-refractivity contribution in [2.24, 2.45) is 0 Å². The van der Waals surface area contributed by atoms with Crippen LogP contribution in [0.25, 0.3) is 21.9 Å². The molecule has 0 radical (unpaired) electrons. The Morgan fingerprint density at radius 2 is 1.33 bits per heavy atom. The SMILES string of the molecule is Nc1ccc(-c2ccc(N3C(=O)C=CC3=O)c3ccccc23)cc1. The number of amides is 2. The number of nitrogens with zero attached hydrogens (tertiary/aromatic N) is 1. The number of benzene rings is 3. The number of nitrogen functional groups attached to an aromatic ring is 1. The number of nitrogens with two attached hydrogens (primary N) is 1. The lowest BCUT2D eigenvalue weighted by atomic mass is 9.96. The molecule has 0 fully saturated rings. The molecule has 1 aliphatic heterocycles. The summed E-state index contributed by atoms with van der Waals surface area (Å²) in [6.45, 7) is 0. The first-order valence-electron chi connectivity index (χ1n) is 7.59. The molecule has 24 heavy (non-hydrogen) atoms. The van der Waals surface area contributed by atoms with E-state index in [1.807, 2.05) is 60.7 Å². The van der Waals surface area contributed by atoms with Crippen LogP contribution in [0.4, 0.5) is 11.4 Å². The molecule has 0 saturated heterocycles. The highest BCUT2D eigenvalue weighted by molar-refractivity contribution is 6.30. The van der Waals surface area contributed by atoms with Gasteiger partial charge in [-0.15, -0.1) is 0 Å². The molecule has 4 rings (SSSR count). The van der Waals surface area contributed by atoms with Gasteiger partial charge in [-0.1, -0.05) is 42.5 Å². The van der Waals surface area contributed by atoms with E-state index in [-0.39, 0.29) is 11.8 Å². The van der Waals surface area contributed by atoms with Gasteiger partial charge in [0.25, 0.3) is 11.8 Å². The average molecular weight is 314 g/mol. The van der Waals surface area contributed by atoms with Crippen molar-refractivity contribution in [2.45, 2.75) is 0 Å². The molecule has 1 aliphatic rings. The van der Waals surface area contributed by atoms with E-state index in [9.17, 15) is 9.59 Å². The molecule has 116 valence electrons. The van der Waals surface area contributed by atoms with E-state index in [4.69, 9.17) is 5.73 Å². The minimum atomic E-state index is -0.314. The molecule has 2 N–H and O–H groups in total. The molecular formula is C20H14N2O2. The summed E-state index contributed by atoms with van der Waals surface area (Å²) in [4.78, 5) is 25.3. The van der Waals surface area contributed by atoms with Gasteiger partial charge in [0.05, 0.1) is 5.69 Å². The maximum Gasteiger partial charge on any atom is 0.258 e. The van der Waals surface area contributed by atoms with Crippen molar-refractivity contribution in [3.05, 3.63) is 72.8 Å². The van der Waals surface area contributed by atoms with Crippen LogP contribution >= 0.6 is 0 Å². The Morgan fingerprint density at radius 1 is 0.708 bits per heavy atom. The van der Waals surface area contributed by atoms with E-state index in [2.05, 4.69) is 0 Å². The molecule has 3 aromatic carbocycles. The fourth-order valence-corrected chi connectivity index (χ4v) is 3.03. The fourth-order valence-electron chi connectivity index (χ4n) is 3.03. The summed E-state index contributed by atoms with van der Waals surface area (Å²) >= 11 is 0. The molecule has 0 saturated carbocycles. The van der Waals surface area contributed by atoms with Gasteiger partial charge in [-0.3, -0.25) is 9.59 Å². The van der Waals surface area contributed by atoms with Gasteiger partial charge in [0.15, 0.2) is 0 Å². The van der Waals surface area contributed by atoms with Gasteiger partial charge in [0.2, 0.25) is 0 Å². The molecule has 1 heterocycles. The van der Waals surface area contributed by atoms with Crippen LogP contribution in [0.1, 0.15) is 0 Å². The van der Waals surface area contributed by atoms with Gasteiger partial charge in [-0.05, 0) is 34.7 Å². The number of carbonyl (C=O) groups is 2. The first-order chi connectivity index (χ1) is 11.6. The number of imide groups is 1. The highest BCUT2D eigenvalue weighted by Gasteiger charge is 2.26. The van der Waals surface area contributed by atoms with Gasteiger partial charge in [-0.2, -0.15) is 0 Å². The summed E-state index contributed by atoms with van der Waals surface area (Å²) in [5, 5.41) is 1.84. The van der Waals surface area contributed by atoms with Crippen LogP contribution in [-0.4, -0.2) is 11.8 Å². The van der Waals surface area contributed by atoms with Crippen LogP contribution in [0.2, 0.25) is 0 Å². The molecule has 4 nitrogen and oxygen atoms in total. The van der Waals surface area contributed by atoms with Crippen molar-refractivity contribution < 1.29 is 9.59 Å². The van der Waals surface area contributed by atoms with E-state index in [0.717, 1.165) is 21.9 Å². The van der Waals surface area contributed by atoms with Crippen molar-refractivity contribution in [3.63, 3.8) is 0 Å². The second-order valence-corrected chi connectivity index (χ2v) is 5.65. The smallest absolute Gasteiger partial charge is 0.258 e. The molecule has 3 aromatic rings. The van der Waals surface area contributed by atoms with Crippen LogP contribution in [0, 0.1) is 0 Å². The van der Waals surface area contributed by atoms with E-state index in [0.29, 0.717) is 11.4 Å². The first-order valence-corrected chi connectivity index (χ1v) is 7.59. The van der Waals surface area contributed by atoms with Crippen LogP contribution in [0.15, 0.2) is 72.8 Å². The lowest BCUT2D eigenvalue weighted by molar-refractivity contribution is -0.119. The maximum absolute atomic E-state index is 12.0. The number of carbonyl (C=O) groups excluding carboxylic acids is 2. The number of fused-ring (bicyclic) bond motifs is 1. The number of anilines is 2. The second kappa shape index (κ2) is 5.35. The molecule has 0 aliphatic carbocycles. The zero-order chi connectivity index (χ0) is 16.7. The normalized spacial score (nSPS) is 13.9. The number of hydrogen-bond donors (Lipinski definition) is 1. The lowest BCUT2D eigenvalue weighted by Crippen LogP contribution is -2.29. The standard InChI is InChI=1S/C20H14N2O2/c21-14-7-5-13(6-8-14)15-9-10-18(17-4-2-1-3-16(15)17)22-19(23)11-12-20(22)24/h1-12H,21H2. The Hall–Kier alpha value is -3.40. The third kappa shape index (κ3) is 2.16. The molecule has 0 aromatic heterocycles. The van der Waals surface area contributed by atoms with Gasteiger partial charge < -0.3 is 5.73 Å². The Balaban J connectivity index is 1.94. The Bertz CT molecular complexity index is 986. The molecule has 0 spiro atoms. The number of hydrogen-bond acceptors (Lipinski definition) is 3. The highest BCUT2D eigenvalue weighted by Crippen LogP contribution is 2.36. The minimum absolute atomic E-state index is 0.314. The first kappa shape index (κ1) is 14.2. The monoisotopic (exact) mass is 314 g/mol. The van der Waals surface area contributed by atoms with Crippen molar-refractivity contribution in [1.29, 1.82) is 0 Å². The van der Waals surface area contributed by atoms with Crippen molar-refractivity contribution in [1.82, 2.24) is 0 Å². The van der Waals surface area contributed by atoms with E-state index in [1.54, 1.807) is 0 Å². The van der Waals surface area contributed by atoms with Gasteiger partial charge in [-0.25, -0.2) is 4.90 Å². The molecule has 0 unspecified atom stereocenters. The summed E-state index contributed by atoms with van der Waals surface area (Å²) in [5.74, 6) is -0.629. The molecular weight excluding hydrogens is 300 g/mol. The molecule has 0 atom stereocenters. The van der Waals surface area contributed by atoms with Crippen LogP contribution in [-0.2, 0) is 9.59 Å². The molecule has 4 heteroatoms. The topological polar surface area (TPSA) is 63.4 Å².